The first-order valence-corrected chi connectivity index (χ1v) is 34.9. The van der Waals surface area contributed by atoms with Gasteiger partial charge in [-0.05, 0) is 175 Å². The highest BCUT2D eigenvalue weighted by Gasteiger charge is 2.53. The van der Waals surface area contributed by atoms with Crippen molar-refractivity contribution in [2.45, 2.75) is 192 Å². The fourth-order valence-electron chi connectivity index (χ4n) is 14.5. The highest BCUT2D eigenvalue weighted by atomic mass is 16.2. The highest BCUT2D eigenvalue weighted by Crippen LogP contribution is 2.56. The van der Waals surface area contributed by atoms with Gasteiger partial charge in [0.15, 0.2) is 0 Å². The number of ketones is 1. The van der Waals surface area contributed by atoms with E-state index in [9.17, 15) is 19.2 Å². The summed E-state index contributed by atoms with van der Waals surface area (Å²) in [6.45, 7) is 44.2. The van der Waals surface area contributed by atoms with Crippen LogP contribution in [-0.4, -0.2) is 43.4 Å². The van der Waals surface area contributed by atoms with Crippen molar-refractivity contribution >= 4 is 86.9 Å². The second-order valence-electron chi connectivity index (χ2n) is 35.8. The van der Waals surface area contributed by atoms with Gasteiger partial charge in [0, 0.05) is 91.2 Å². The molecule has 0 saturated heterocycles. The number of carbonyl (C=O) groups excluding carboxylic acids is 4. The topological polar surface area (TPSA) is 162 Å². The second-order valence-corrected chi connectivity index (χ2v) is 35.8. The van der Waals surface area contributed by atoms with Crippen molar-refractivity contribution in [3.05, 3.63) is 148 Å². The minimum atomic E-state index is -0.235. The van der Waals surface area contributed by atoms with E-state index in [0.717, 1.165) is 81.2 Å². The molecule has 2 aliphatic heterocycles. The smallest absolute Gasteiger partial charge is 0.228 e. The number of amides is 3. The van der Waals surface area contributed by atoms with Gasteiger partial charge in [-0.25, -0.2) is 9.97 Å². The molecule has 4 fully saturated rings. The van der Waals surface area contributed by atoms with E-state index in [1.165, 1.54) is 22.3 Å². The second kappa shape index (κ2) is 22.6. The predicted octanol–water partition coefficient (Wildman–Crippen LogP) is 20.6. The third-order valence-electron chi connectivity index (χ3n) is 21.9. The maximum Gasteiger partial charge on any atom is 0.228 e. The summed E-state index contributed by atoms with van der Waals surface area (Å²) in [5.41, 5.74) is 17.9. The lowest BCUT2D eigenvalue weighted by atomic mass is 9.78. The van der Waals surface area contributed by atoms with E-state index < -0.39 is 0 Å². The molecule has 11 heteroatoms. The number of carbonyl (C=O) groups is 4. The number of fused-ring (bicyclic) bond motifs is 8. The van der Waals surface area contributed by atoms with E-state index in [4.69, 9.17) is 9.97 Å². The number of nitrogens with one attached hydrogen (secondary N) is 5. The van der Waals surface area contributed by atoms with Gasteiger partial charge in [0.05, 0.1) is 34.2 Å². The average molecular weight is 1280 g/mol. The quantitative estimate of drug-likeness (QED) is 0.0772. The molecule has 3 aromatic heterocycles. The third-order valence-corrected chi connectivity index (χ3v) is 21.9. The van der Waals surface area contributed by atoms with Crippen LogP contribution in [0.2, 0.25) is 0 Å². The summed E-state index contributed by atoms with van der Waals surface area (Å²) < 4.78 is 0. The van der Waals surface area contributed by atoms with E-state index in [0.29, 0.717) is 56.5 Å². The lowest BCUT2D eigenvalue weighted by Gasteiger charge is -2.26. The fourth-order valence-corrected chi connectivity index (χ4v) is 14.5. The molecule has 5 heterocycles. The standard InChI is InChI=1S/C85H99N7O4/c1-78(2,3)49-35-47(36-50(40-49)79(4,5)6)69-60-27-31-64(86-60)72(71-46(39-68(93)53-42-82(53,13)14)23-21-24-57(71)90-75(94)54-43-83(54,15)16)65-32-28-61(87-65)70(48-37-51(80(7,8)9)41-52(38-48)81(10,11)12)63-30-34-67(89-63)74(66-33-29-62(69)88-66)73-58(91-76(95)55-44-84(55,17)18)25-22-26-59(73)92-77(96)56-45-85(56,19)20/h21-38,40-41,53-56,86,89H,39,42-45H2,1-20H3,(H,90,94)(H,91,95)(H,92,96)/t53-,54-,55-,56-/m1/s1. The maximum absolute atomic E-state index is 14.7. The fraction of sp³-hybridized carbons (Fsp3) is 0.435. The van der Waals surface area contributed by atoms with E-state index in [1.807, 2.05) is 30.3 Å². The van der Waals surface area contributed by atoms with Crippen LogP contribution in [0.4, 0.5) is 17.1 Å². The molecule has 5 N–H and O–H groups in total. The summed E-state index contributed by atoms with van der Waals surface area (Å²) in [5.74, 6) is -0.638. The van der Waals surface area contributed by atoms with Crippen LogP contribution in [-0.2, 0) is 47.3 Å². The molecule has 13 rings (SSSR count). The molecular weight excluding hydrogens is 1180 g/mol. The minimum Gasteiger partial charge on any atom is -0.354 e. The Morgan fingerprint density at radius 1 is 0.385 bits per heavy atom. The molecule has 4 aliphatic carbocycles. The zero-order valence-corrected chi connectivity index (χ0v) is 60.4. The van der Waals surface area contributed by atoms with Gasteiger partial charge in [0.2, 0.25) is 17.7 Å². The summed E-state index contributed by atoms with van der Waals surface area (Å²) in [4.78, 5) is 78.4. The number of nitrogens with zero attached hydrogens (tertiary/aromatic N) is 2. The molecule has 8 bridgehead atoms. The number of rotatable bonds is 13. The molecule has 96 heavy (non-hydrogen) atoms. The Morgan fingerprint density at radius 2 is 0.667 bits per heavy atom. The summed E-state index contributed by atoms with van der Waals surface area (Å²) in [6.07, 6.45) is 11.7. The van der Waals surface area contributed by atoms with E-state index in [-0.39, 0.29) is 96.9 Å². The van der Waals surface area contributed by atoms with Gasteiger partial charge in [-0.15, -0.1) is 0 Å². The van der Waals surface area contributed by atoms with Crippen LogP contribution >= 0.6 is 0 Å². The van der Waals surface area contributed by atoms with Crippen LogP contribution in [0.3, 0.4) is 0 Å². The predicted molar refractivity (Wildman–Crippen MR) is 398 cm³/mol. The minimum absolute atomic E-state index is 0.0479. The molecule has 0 radical (unpaired) electrons. The third kappa shape index (κ3) is 12.7. The Morgan fingerprint density at radius 3 is 0.979 bits per heavy atom. The molecule has 0 spiro atoms. The zero-order valence-electron chi connectivity index (χ0n) is 60.4. The summed E-state index contributed by atoms with van der Waals surface area (Å²) in [6, 6.07) is 34.2. The average Bonchev–Trinajstić information content (AvgIpc) is 1.57. The first-order chi connectivity index (χ1) is 44.7. The molecule has 0 unspecified atom stereocenters. The van der Waals surface area contributed by atoms with Gasteiger partial charge in [-0.2, -0.15) is 0 Å². The summed E-state index contributed by atoms with van der Waals surface area (Å²) >= 11 is 0. The Balaban J connectivity index is 1.20. The molecule has 4 aromatic carbocycles. The van der Waals surface area contributed by atoms with Crippen molar-refractivity contribution in [1.82, 2.24) is 19.9 Å². The monoisotopic (exact) mass is 1280 g/mol. The van der Waals surface area contributed by atoms with Crippen molar-refractivity contribution in [2.24, 2.45) is 45.3 Å². The van der Waals surface area contributed by atoms with Crippen LogP contribution in [0.15, 0.2) is 97.1 Å². The number of H-pyrrole nitrogens is 2. The Hall–Kier alpha value is -8.44. The number of anilines is 3. The Bertz CT molecular complexity index is 4230. The molecule has 4 atom stereocenters. The van der Waals surface area contributed by atoms with Gasteiger partial charge < -0.3 is 25.9 Å². The number of benzene rings is 4. The number of aromatic nitrogens is 4. The van der Waals surface area contributed by atoms with Crippen LogP contribution < -0.4 is 16.0 Å². The summed E-state index contributed by atoms with van der Waals surface area (Å²) in [7, 11) is 0. The molecule has 498 valence electrons. The molecule has 4 saturated carbocycles. The van der Waals surface area contributed by atoms with Crippen LogP contribution in [0.1, 0.15) is 215 Å². The van der Waals surface area contributed by atoms with Crippen molar-refractivity contribution < 1.29 is 19.2 Å². The first kappa shape index (κ1) is 66.2. The van der Waals surface area contributed by atoms with Gasteiger partial charge in [0.1, 0.15) is 5.78 Å². The first-order valence-electron chi connectivity index (χ1n) is 34.9. The van der Waals surface area contributed by atoms with Crippen molar-refractivity contribution in [2.75, 3.05) is 16.0 Å². The summed E-state index contributed by atoms with van der Waals surface area (Å²) in [5, 5.41) is 10.3. The van der Waals surface area contributed by atoms with Gasteiger partial charge in [-0.1, -0.05) is 193 Å². The normalized spacial score (nSPS) is 20.2. The van der Waals surface area contributed by atoms with Crippen LogP contribution in [0.25, 0.3) is 90.9 Å². The van der Waals surface area contributed by atoms with Gasteiger partial charge in [-0.3, -0.25) is 19.2 Å². The number of hydrogen-bond donors (Lipinski definition) is 5. The van der Waals surface area contributed by atoms with E-state index in [1.54, 1.807) is 0 Å². The highest BCUT2D eigenvalue weighted by molar-refractivity contribution is 6.11. The largest absolute Gasteiger partial charge is 0.354 e. The zero-order chi connectivity index (χ0) is 69.1. The molecule has 7 aromatic rings. The van der Waals surface area contributed by atoms with Gasteiger partial charge in [0.25, 0.3) is 0 Å². The number of aromatic amines is 2. The van der Waals surface area contributed by atoms with Crippen molar-refractivity contribution in [3.8, 4) is 44.5 Å². The maximum atomic E-state index is 14.7. The molecule has 6 aliphatic rings. The van der Waals surface area contributed by atoms with E-state index in [2.05, 4.69) is 255 Å². The van der Waals surface area contributed by atoms with E-state index >= 15 is 0 Å². The van der Waals surface area contributed by atoms with Crippen molar-refractivity contribution in [3.63, 3.8) is 0 Å². The number of hydrogen-bond acceptors (Lipinski definition) is 6. The van der Waals surface area contributed by atoms with Crippen LogP contribution in [0, 0.1) is 45.3 Å². The lowest BCUT2D eigenvalue weighted by molar-refractivity contribution is -0.120. The van der Waals surface area contributed by atoms with Gasteiger partial charge >= 0.3 is 0 Å². The molecule has 3 amide bonds. The Labute approximate surface area is 568 Å². The molecule has 11 nitrogen and oxygen atoms in total. The SMILES string of the molecule is CC(C)(C)c1cc(-c2c3nc(c(-c4c(NC(=O)[C@H]5CC5(C)C)cccc4NC(=O)[C@H]4CC4(C)C)c4ccc([nH]4)c(-c4cc(C(C)(C)C)cc(C(C)(C)C)c4)c4nc(c(-c5c(CC(=O)[C@H]6CC6(C)C)cccc5NC(=O)[C@H]5CC5(C)C)c5ccc2[nH]5)C=C4)C=C3)cc(C(C)(C)C)c1. The van der Waals surface area contributed by atoms with Crippen molar-refractivity contribution in [1.29, 1.82) is 0 Å². The lowest BCUT2D eigenvalue weighted by Crippen LogP contribution is -2.19. The molecular formula is C85H99N7O4. The number of Topliss-reactive ketones (excluding diaryl/α,β-unsaturated/α-hetero) is 1. The van der Waals surface area contributed by atoms with Crippen LogP contribution in [0.5, 0.6) is 0 Å². The Kier molecular flexibility index (Phi) is 15.6.